The van der Waals surface area contributed by atoms with Crippen molar-refractivity contribution in [3.8, 4) is 0 Å². The Morgan fingerprint density at radius 2 is 2.07 bits per heavy atom. The molecule has 0 aromatic rings. The molecular weight excluding hydrogens is 191 g/mol. The Hall–Kier alpha value is -0.545. The number of carbonyl (C=O) groups is 1. The molecule has 15 heavy (non-hydrogen) atoms. The highest BCUT2D eigenvalue weighted by Crippen LogP contribution is 2.27. The molecule has 2 unspecified atom stereocenters. The Labute approximate surface area is 92.9 Å². The fraction of sp³-hybridized carbons (Fsp3) is 0.900. The van der Waals surface area contributed by atoms with Crippen molar-refractivity contribution in [1.29, 1.82) is 0 Å². The van der Waals surface area contributed by atoms with Gasteiger partial charge < -0.3 is 4.81 Å². The summed E-state index contributed by atoms with van der Waals surface area (Å²) in [6, 6.07) is 0.540. The van der Waals surface area contributed by atoms with Gasteiger partial charge in [0.1, 0.15) is 0 Å². The summed E-state index contributed by atoms with van der Waals surface area (Å²) in [4.78, 5) is 19.0. The van der Waals surface area contributed by atoms with E-state index >= 15 is 0 Å². The van der Waals surface area contributed by atoms with Crippen molar-refractivity contribution in [3.05, 3.63) is 0 Å². The van der Waals surface area contributed by atoms with Crippen molar-refractivity contribution in [2.24, 2.45) is 5.92 Å². The van der Waals surface area contributed by atoms with Gasteiger partial charge in [-0.3, -0.25) is 9.63 Å². The smallest absolute Gasteiger partial charge is 0.249 e. The standard InChI is InChI=1S/C10H21BN2O2/c1-12(11)9-6-4-5-8(7-9)10(14)13(2)15-3/h8-9H,4-7,11H2,1-3H3. The van der Waals surface area contributed by atoms with Crippen molar-refractivity contribution in [2.45, 2.75) is 31.7 Å². The van der Waals surface area contributed by atoms with E-state index in [4.69, 9.17) is 4.84 Å². The van der Waals surface area contributed by atoms with Crippen molar-refractivity contribution >= 4 is 13.9 Å². The number of hydrogen-bond acceptors (Lipinski definition) is 3. The second-order valence-corrected chi connectivity index (χ2v) is 4.50. The van der Waals surface area contributed by atoms with E-state index in [1.807, 2.05) is 0 Å². The molecule has 4 nitrogen and oxygen atoms in total. The fourth-order valence-electron chi connectivity index (χ4n) is 2.20. The van der Waals surface area contributed by atoms with Gasteiger partial charge in [0.15, 0.2) is 7.98 Å². The van der Waals surface area contributed by atoms with E-state index in [0.29, 0.717) is 6.04 Å². The zero-order valence-electron chi connectivity index (χ0n) is 10.2. The number of rotatable bonds is 3. The lowest BCUT2D eigenvalue weighted by Crippen LogP contribution is -2.40. The predicted molar refractivity (Wildman–Crippen MR) is 61.8 cm³/mol. The van der Waals surface area contributed by atoms with Gasteiger partial charge in [0.05, 0.1) is 7.11 Å². The average Bonchev–Trinajstić information content (AvgIpc) is 2.27. The lowest BCUT2D eigenvalue weighted by atomic mass is 9.83. The summed E-state index contributed by atoms with van der Waals surface area (Å²) in [5, 5.41) is 1.35. The first kappa shape index (κ1) is 12.5. The van der Waals surface area contributed by atoms with E-state index in [2.05, 4.69) is 19.8 Å². The summed E-state index contributed by atoms with van der Waals surface area (Å²) in [5.41, 5.74) is 0. The molecule has 0 N–H and O–H groups in total. The zero-order valence-corrected chi connectivity index (χ0v) is 10.2. The van der Waals surface area contributed by atoms with Gasteiger partial charge >= 0.3 is 0 Å². The monoisotopic (exact) mass is 212 g/mol. The first-order valence-electron chi connectivity index (χ1n) is 5.54. The Morgan fingerprint density at radius 3 is 2.60 bits per heavy atom. The van der Waals surface area contributed by atoms with E-state index in [0.717, 1.165) is 19.3 Å². The molecule has 0 bridgehead atoms. The molecule has 0 aliphatic heterocycles. The molecule has 1 fully saturated rings. The van der Waals surface area contributed by atoms with E-state index in [1.165, 1.54) is 18.6 Å². The van der Waals surface area contributed by atoms with Crippen LogP contribution in [0.15, 0.2) is 0 Å². The van der Waals surface area contributed by atoms with Crippen LogP contribution in [0.2, 0.25) is 0 Å². The number of nitrogens with zero attached hydrogens (tertiary/aromatic N) is 2. The van der Waals surface area contributed by atoms with Gasteiger partial charge in [-0.15, -0.1) is 0 Å². The molecular formula is C10H21BN2O2. The molecule has 0 aromatic heterocycles. The zero-order chi connectivity index (χ0) is 11.4. The maximum Gasteiger partial charge on any atom is 0.249 e. The molecule has 1 aliphatic rings. The van der Waals surface area contributed by atoms with Crippen molar-refractivity contribution in [2.75, 3.05) is 21.2 Å². The summed E-state index contributed by atoms with van der Waals surface area (Å²) >= 11 is 0. The molecule has 1 aliphatic carbocycles. The second-order valence-electron chi connectivity index (χ2n) is 4.50. The summed E-state index contributed by atoms with van der Waals surface area (Å²) < 4.78 is 0. The van der Waals surface area contributed by atoms with Crippen molar-refractivity contribution in [3.63, 3.8) is 0 Å². The number of hydrogen-bond donors (Lipinski definition) is 0. The summed E-state index contributed by atoms with van der Waals surface area (Å²) in [7, 11) is 7.38. The van der Waals surface area contributed by atoms with Crippen LogP contribution in [-0.2, 0) is 9.63 Å². The molecule has 86 valence electrons. The van der Waals surface area contributed by atoms with Gasteiger partial charge in [0.25, 0.3) is 0 Å². The Morgan fingerprint density at radius 1 is 1.40 bits per heavy atom. The number of hydroxylamine groups is 2. The van der Waals surface area contributed by atoms with Crippen LogP contribution in [0.3, 0.4) is 0 Å². The largest absolute Gasteiger partial charge is 0.349 e. The first-order valence-corrected chi connectivity index (χ1v) is 5.54. The number of amides is 1. The second kappa shape index (κ2) is 5.51. The van der Waals surface area contributed by atoms with Gasteiger partial charge in [-0.05, 0) is 32.4 Å². The van der Waals surface area contributed by atoms with Crippen LogP contribution < -0.4 is 0 Å². The van der Waals surface area contributed by atoms with Crippen LogP contribution in [0.25, 0.3) is 0 Å². The van der Waals surface area contributed by atoms with Gasteiger partial charge in [0.2, 0.25) is 5.91 Å². The normalized spacial score (nSPS) is 26.7. The highest BCUT2D eigenvalue weighted by Gasteiger charge is 2.29. The molecule has 1 rings (SSSR count). The third-order valence-corrected chi connectivity index (χ3v) is 3.31. The third-order valence-electron chi connectivity index (χ3n) is 3.31. The summed E-state index contributed by atoms with van der Waals surface area (Å²) in [6.07, 6.45) is 4.29. The molecule has 0 spiro atoms. The van der Waals surface area contributed by atoms with Gasteiger partial charge in [0, 0.05) is 13.0 Å². The highest BCUT2D eigenvalue weighted by molar-refractivity contribution is 6.04. The lowest BCUT2D eigenvalue weighted by Gasteiger charge is -2.34. The van der Waals surface area contributed by atoms with Crippen LogP contribution in [0.5, 0.6) is 0 Å². The first-order chi connectivity index (χ1) is 7.06. The van der Waals surface area contributed by atoms with E-state index in [9.17, 15) is 4.79 Å². The quantitative estimate of drug-likeness (QED) is 0.489. The van der Waals surface area contributed by atoms with E-state index < -0.39 is 0 Å². The molecule has 0 saturated heterocycles. The summed E-state index contributed by atoms with van der Waals surface area (Å²) in [5.74, 6) is 0.250. The molecule has 0 radical (unpaired) electrons. The molecule has 1 saturated carbocycles. The molecule has 0 aromatic carbocycles. The van der Waals surface area contributed by atoms with Gasteiger partial charge in [-0.1, -0.05) is 6.42 Å². The molecule has 1 amide bonds. The van der Waals surface area contributed by atoms with Crippen molar-refractivity contribution in [1.82, 2.24) is 9.87 Å². The molecule has 2 atom stereocenters. The molecule has 5 heteroatoms. The van der Waals surface area contributed by atoms with Crippen LogP contribution in [-0.4, -0.2) is 51.0 Å². The maximum atomic E-state index is 11.9. The van der Waals surface area contributed by atoms with E-state index in [1.54, 1.807) is 7.05 Å². The highest BCUT2D eigenvalue weighted by atomic mass is 16.7. The Balaban J connectivity index is 2.52. The van der Waals surface area contributed by atoms with Crippen LogP contribution >= 0.6 is 0 Å². The molecule has 0 heterocycles. The predicted octanol–water partition coefficient (Wildman–Crippen LogP) is 0.0449. The minimum Gasteiger partial charge on any atom is -0.349 e. The van der Waals surface area contributed by atoms with E-state index in [-0.39, 0.29) is 11.8 Å². The van der Waals surface area contributed by atoms with Crippen LogP contribution in [0.4, 0.5) is 0 Å². The third kappa shape index (κ3) is 3.21. The average molecular weight is 212 g/mol. The lowest BCUT2D eigenvalue weighted by molar-refractivity contribution is -0.174. The SMILES string of the molecule is BN(C)C1CCCC(C(=O)N(C)OC)C1. The fourth-order valence-corrected chi connectivity index (χ4v) is 2.20. The Kier molecular flexibility index (Phi) is 4.60. The van der Waals surface area contributed by atoms with Crippen molar-refractivity contribution < 1.29 is 9.63 Å². The Bertz CT molecular complexity index is 223. The topological polar surface area (TPSA) is 32.8 Å². The van der Waals surface area contributed by atoms with Gasteiger partial charge in [-0.2, -0.15) is 0 Å². The number of carbonyl (C=O) groups excluding carboxylic acids is 1. The van der Waals surface area contributed by atoms with Crippen LogP contribution in [0, 0.1) is 5.92 Å². The minimum atomic E-state index is 0.115. The van der Waals surface area contributed by atoms with Gasteiger partial charge in [-0.25, -0.2) is 5.06 Å². The summed E-state index contributed by atoms with van der Waals surface area (Å²) in [6.45, 7) is 0. The minimum absolute atomic E-state index is 0.115. The van der Waals surface area contributed by atoms with Crippen LogP contribution in [0.1, 0.15) is 25.7 Å². The maximum absolute atomic E-state index is 11.9.